The van der Waals surface area contributed by atoms with Crippen LogP contribution in [0.3, 0.4) is 0 Å². The van der Waals surface area contributed by atoms with Crippen molar-refractivity contribution in [3.63, 3.8) is 0 Å². The highest BCUT2D eigenvalue weighted by molar-refractivity contribution is 5.86. The van der Waals surface area contributed by atoms with Crippen molar-refractivity contribution in [3.05, 3.63) is 114 Å². The van der Waals surface area contributed by atoms with Gasteiger partial charge in [0.05, 0.1) is 17.4 Å². The van der Waals surface area contributed by atoms with Crippen molar-refractivity contribution in [2.24, 2.45) is 5.73 Å². The highest BCUT2D eigenvalue weighted by Gasteiger charge is 2.10. The van der Waals surface area contributed by atoms with Gasteiger partial charge in [-0.05, 0) is 41.3 Å². The molecule has 33 heavy (non-hydrogen) atoms. The van der Waals surface area contributed by atoms with Gasteiger partial charge in [0.2, 0.25) is 0 Å². The molecular weight excluding hydrogens is 408 g/mol. The summed E-state index contributed by atoms with van der Waals surface area (Å²) in [6.45, 7) is 0.433. The molecule has 1 atom stereocenters. The first-order valence-electron chi connectivity index (χ1n) is 11.1. The van der Waals surface area contributed by atoms with Gasteiger partial charge in [0, 0.05) is 29.6 Å². The molecule has 0 spiro atoms. The minimum absolute atomic E-state index is 0.0844. The molecule has 0 radical (unpaired) electrons. The van der Waals surface area contributed by atoms with Crippen molar-refractivity contribution in [1.82, 2.24) is 15.2 Å². The Morgan fingerprint density at radius 3 is 2.36 bits per heavy atom. The van der Waals surface area contributed by atoms with Crippen LogP contribution in [0.2, 0.25) is 0 Å². The summed E-state index contributed by atoms with van der Waals surface area (Å²) in [4.78, 5) is 4.39. The molecule has 0 saturated carbocycles. The largest absolute Gasteiger partial charge is 0.490 e. The minimum atomic E-state index is -0.0844. The Labute approximate surface area is 193 Å². The van der Waals surface area contributed by atoms with E-state index in [-0.39, 0.29) is 6.04 Å². The fourth-order valence-corrected chi connectivity index (χ4v) is 4.01. The molecule has 3 aromatic carbocycles. The van der Waals surface area contributed by atoms with Crippen molar-refractivity contribution in [3.8, 4) is 16.9 Å². The van der Waals surface area contributed by atoms with Gasteiger partial charge in [-0.15, -0.1) is 0 Å². The Kier molecular flexibility index (Phi) is 6.13. The smallest absolute Gasteiger partial charge is 0.138 e. The Morgan fingerprint density at radius 2 is 1.58 bits per heavy atom. The summed E-state index contributed by atoms with van der Waals surface area (Å²) < 4.78 is 5.97. The average molecular weight is 435 g/mol. The zero-order valence-corrected chi connectivity index (χ0v) is 18.3. The molecule has 0 amide bonds. The molecule has 0 saturated heterocycles. The number of H-pyrrole nitrogens is 1. The monoisotopic (exact) mass is 434 g/mol. The summed E-state index contributed by atoms with van der Waals surface area (Å²) >= 11 is 0. The molecule has 2 aromatic heterocycles. The van der Waals surface area contributed by atoms with Crippen LogP contribution in [0.15, 0.2) is 97.3 Å². The lowest BCUT2D eigenvalue weighted by atomic mass is 10.0. The standard InChI is InChI=1S/C28H26N4O/c29-24(13-20-7-3-1-4-8-20)19-33-25-15-23(17-30-18-25)22-11-12-27-26(16-22)28(32-31-27)14-21-9-5-2-6-10-21/h1-12,15-18,24H,13-14,19,29H2,(H,31,32)/t24-/m0/s1. The average Bonchev–Trinajstić information content (AvgIpc) is 3.26. The van der Waals surface area contributed by atoms with Crippen molar-refractivity contribution in [2.45, 2.75) is 18.9 Å². The van der Waals surface area contributed by atoms with Gasteiger partial charge in [0.15, 0.2) is 0 Å². The summed E-state index contributed by atoms with van der Waals surface area (Å²) in [5.41, 5.74) is 12.9. The molecule has 5 aromatic rings. The van der Waals surface area contributed by atoms with Crippen molar-refractivity contribution in [2.75, 3.05) is 6.61 Å². The molecule has 0 bridgehead atoms. The van der Waals surface area contributed by atoms with Gasteiger partial charge >= 0.3 is 0 Å². The normalized spacial score (nSPS) is 12.0. The van der Waals surface area contributed by atoms with E-state index in [0.29, 0.717) is 12.4 Å². The van der Waals surface area contributed by atoms with Crippen LogP contribution in [-0.4, -0.2) is 27.8 Å². The molecule has 0 aliphatic carbocycles. The van der Waals surface area contributed by atoms with Gasteiger partial charge in [-0.25, -0.2) is 0 Å². The van der Waals surface area contributed by atoms with Crippen molar-refractivity contribution < 1.29 is 4.74 Å². The molecule has 2 heterocycles. The first-order chi connectivity index (χ1) is 16.2. The summed E-state index contributed by atoms with van der Waals surface area (Å²) in [5.74, 6) is 0.716. The number of hydrogen-bond acceptors (Lipinski definition) is 4. The first-order valence-corrected chi connectivity index (χ1v) is 11.1. The molecule has 0 fully saturated rings. The van der Waals surface area contributed by atoms with E-state index in [9.17, 15) is 0 Å². The maximum Gasteiger partial charge on any atom is 0.138 e. The van der Waals surface area contributed by atoms with Gasteiger partial charge in [-0.2, -0.15) is 5.10 Å². The number of nitrogens with zero attached hydrogens (tertiary/aromatic N) is 2. The maximum atomic E-state index is 6.28. The number of nitrogens with two attached hydrogens (primary N) is 1. The Bertz CT molecular complexity index is 1330. The van der Waals surface area contributed by atoms with E-state index in [0.717, 1.165) is 40.6 Å². The first kappa shape index (κ1) is 20.9. The van der Waals surface area contributed by atoms with Crippen LogP contribution in [0.5, 0.6) is 5.75 Å². The second-order valence-corrected chi connectivity index (χ2v) is 8.26. The van der Waals surface area contributed by atoms with Gasteiger partial charge in [-0.1, -0.05) is 66.7 Å². The van der Waals surface area contributed by atoms with E-state index in [1.807, 2.05) is 36.5 Å². The van der Waals surface area contributed by atoms with Gasteiger partial charge in [0.1, 0.15) is 12.4 Å². The predicted molar refractivity (Wildman–Crippen MR) is 132 cm³/mol. The molecular formula is C28H26N4O. The van der Waals surface area contributed by atoms with E-state index in [1.165, 1.54) is 11.1 Å². The molecule has 5 heteroatoms. The van der Waals surface area contributed by atoms with Crippen LogP contribution in [0.1, 0.15) is 16.8 Å². The lowest BCUT2D eigenvalue weighted by Gasteiger charge is -2.14. The van der Waals surface area contributed by atoms with Gasteiger partial charge in [0.25, 0.3) is 0 Å². The molecule has 5 nitrogen and oxygen atoms in total. The summed E-state index contributed by atoms with van der Waals surface area (Å²) in [6, 6.07) is 28.8. The number of nitrogens with one attached hydrogen (secondary N) is 1. The third-order valence-electron chi connectivity index (χ3n) is 5.71. The number of aromatic amines is 1. The van der Waals surface area contributed by atoms with E-state index < -0.39 is 0 Å². The molecule has 0 aliphatic rings. The van der Waals surface area contributed by atoms with Gasteiger partial charge in [-0.3, -0.25) is 10.1 Å². The van der Waals surface area contributed by atoms with Crippen LogP contribution in [0.4, 0.5) is 0 Å². The number of pyridine rings is 1. The Morgan fingerprint density at radius 1 is 0.818 bits per heavy atom. The van der Waals surface area contributed by atoms with E-state index in [4.69, 9.17) is 10.5 Å². The number of fused-ring (bicyclic) bond motifs is 1. The number of benzene rings is 3. The SMILES string of the molecule is N[C@H](COc1cncc(-c2ccc3[nH]nc(Cc4ccccc4)c3c2)c1)Cc1ccccc1. The van der Waals surface area contributed by atoms with Crippen LogP contribution in [0, 0.1) is 0 Å². The lowest BCUT2D eigenvalue weighted by Crippen LogP contribution is -2.30. The zero-order valence-electron chi connectivity index (χ0n) is 18.3. The number of ether oxygens (including phenoxy) is 1. The van der Waals surface area contributed by atoms with Crippen LogP contribution in [-0.2, 0) is 12.8 Å². The van der Waals surface area contributed by atoms with Gasteiger partial charge < -0.3 is 10.5 Å². The van der Waals surface area contributed by atoms with E-state index in [1.54, 1.807) is 6.20 Å². The second kappa shape index (κ2) is 9.67. The Hall–Kier alpha value is -3.96. The second-order valence-electron chi connectivity index (χ2n) is 8.26. The molecule has 5 rings (SSSR count). The molecule has 164 valence electrons. The highest BCUT2D eigenvalue weighted by Crippen LogP contribution is 2.28. The Balaban J connectivity index is 1.31. The van der Waals surface area contributed by atoms with Crippen molar-refractivity contribution in [1.29, 1.82) is 0 Å². The lowest BCUT2D eigenvalue weighted by molar-refractivity contribution is 0.286. The van der Waals surface area contributed by atoms with E-state index in [2.05, 4.69) is 69.8 Å². The number of aromatic nitrogens is 3. The fourth-order valence-electron chi connectivity index (χ4n) is 4.01. The van der Waals surface area contributed by atoms with Crippen LogP contribution < -0.4 is 10.5 Å². The number of rotatable bonds is 8. The third kappa shape index (κ3) is 5.10. The minimum Gasteiger partial charge on any atom is -0.490 e. The molecule has 0 unspecified atom stereocenters. The van der Waals surface area contributed by atoms with E-state index >= 15 is 0 Å². The summed E-state index contributed by atoms with van der Waals surface area (Å²) in [7, 11) is 0. The van der Waals surface area contributed by atoms with Crippen LogP contribution in [0.25, 0.3) is 22.0 Å². The molecule has 0 aliphatic heterocycles. The summed E-state index contributed by atoms with van der Waals surface area (Å²) in [6.07, 6.45) is 5.14. The third-order valence-corrected chi connectivity index (χ3v) is 5.71. The van der Waals surface area contributed by atoms with Crippen molar-refractivity contribution >= 4 is 10.9 Å². The fraction of sp³-hybridized carbons (Fsp3) is 0.143. The predicted octanol–water partition coefficient (Wildman–Crippen LogP) is 5.16. The quantitative estimate of drug-likeness (QED) is 0.353. The summed E-state index contributed by atoms with van der Waals surface area (Å²) in [5, 5.41) is 8.81. The highest BCUT2D eigenvalue weighted by atomic mass is 16.5. The maximum absolute atomic E-state index is 6.28. The zero-order chi connectivity index (χ0) is 22.5. The number of hydrogen-bond donors (Lipinski definition) is 2. The van der Waals surface area contributed by atoms with Crippen LogP contribution >= 0.6 is 0 Å². The topological polar surface area (TPSA) is 76.8 Å². The molecule has 3 N–H and O–H groups in total.